The molecule has 0 bridgehead atoms. The number of nitrogens with zero attached hydrogens (tertiary/aromatic N) is 1. The molecule has 0 saturated carbocycles. The van der Waals surface area contributed by atoms with Gasteiger partial charge in [-0.05, 0) is 48.5 Å². The van der Waals surface area contributed by atoms with Crippen LogP contribution in [0.4, 0.5) is 11.4 Å². The van der Waals surface area contributed by atoms with Crippen LogP contribution in [0.5, 0.6) is 0 Å². The molecule has 1 amide bonds. The highest BCUT2D eigenvalue weighted by Crippen LogP contribution is 2.28. The van der Waals surface area contributed by atoms with Crippen LogP contribution in [-0.4, -0.2) is 19.2 Å². The number of amides is 1. The van der Waals surface area contributed by atoms with Crippen molar-refractivity contribution in [2.75, 3.05) is 4.72 Å². The maximum atomic E-state index is 12.5. The van der Waals surface area contributed by atoms with Gasteiger partial charge in [-0.2, -0.15) is 0 Å². The van der Waals surface area contributed by atoms with Gasteiger partial charge in [0.15, 0.2) is 0 Å². The lowest BCUT2D eigenvalue weighted by Crippen LogP contribution is -2.22. The lowest BCUT2D eigenvalue weighted by atomic mass is 10.2. The van der Waals surface area contributed by atoms with Crippen LogP contribution in [-0.2, 0) is 16.6 Å². The first-order valence-corrected chi connectivity index (χ1v) is 10.00. The van der Waals surface area contributed by atoms with Crippen LogP contribution in [0.15, 0.2) is 70.2 Å². The molecule has 3 aromatic rings. The fraction of sp³-hybridized carbons (Fsp3) is 0.0556. The Bertz CT molecular complexity index is 1140. The second-order valence-corrected chi connectivity index (χ2v) is 7.90. The number of furan rings is 1. The molecular weight excluding hydrogens is 422 g/mol. The molecule has 0 aliphatic heterocycles. The molecule has 1 heterocycles. The molecule has 2 aromatic carbocycles. The fourth-order valence-corrected chi connectivity index (χ4v) is 3.65. The maximum absolute atomic E-state index is 12.5. The standard InChI is InChI=1S/C18H14ClN3O6S/c19-16-8-7-15(10-17(16)22(24)25)29(26,27)21-13-5-3-12(4-6-13)18(23)20-11-14-2-1-9-28-14/h1-10,21H,11H2,(H,20,23). The van der Waals surface area contributed by atoms with Crippen molar-refractivity contribution in [2.24, 2.45) is 0 Å². The van der Waals surface area contributed by atoms with Crippen LogP contribution < -0.4 is 10.0 Å². The molecule has 1 aromatic heterocycles. The van der Waals surface area contributed by atoms with E-state index >= 15 is 0 Å². The van der Waals surface area contributed by atoms with Crippen LogP contribution in [0.25, 0.3) is 0 Å². The number of rotatable bonds is 7. The van der Waals surface area contributed by atoms with Crippen molar-refractivity contribution in [3.05, 3.63) is 87.3 Å². The molecular formula is C18H14ClN3O6S. The molecule has 0 atom stereocenters. The normalized spacial score (nSPS) is 11.1. The van der Waals surface area contributed by atoms with E-state index in [0.717, 1.165) is 18.2 Å². The van der Waals surface area contributed by atoms with Gasteiger partial charge < -0.3 is 9.73 Å². The van der Waals surface area contributed by atoms with Gasteiger partial charge in [-0.1, -0.05) is 11.6 Å². The third-order valence-electron chi connectivity index (χ3n) is 3.83. The van der Waals surface area contributed by atoms with Gasteiger partial charge in [0.2, 0.25) is 0 Å². The summed E-state index contributed by atoms with van der Waals surface area (Å²) in [6.45, 7) is 0.218. The van der Waals surface area contributed by atoms with Gasteiger partial charge in [-0.25, -0.2) is 8.42 Å². The third-order valence-corrected chi connectivity index (χ3v) is 5.53. The van der Waals surface area contributed by atoms with Crippen LogP contribution in [0.1, 0.15) is 16.1 Å². The lowest BCUT2D eigenvalue weighted by molar-refractivity contribution is -0.384. The number of hydrogen-bond acceptors (Lipinski definition) is 6. The number of nitro groups is 1. The highest BCUT2D eigenvalue weighted by Gasteiger charge is 2.21. The van der Waals surface area contributed by atoms with Crippen molar-refractivity contribution in [1.29, 1.82) is 0 Å². The first-order valence-electron chi connectivity index (χ1n) is 8.14. The molecule has 3 rings (SSSR count). The Kier molecular flexibility index (Phi) is 5.85. The van der Waals surface area contributed by atoms with Crippen molar-refractivity contribution in [3.8, 4) is 0 Å². The SMILES string of the molecule is O=C(NCc1ccco1)c1ccc(NS(=O)(=O)c2ccc(Cl)c([N+](=O)[O-])c2)cc1. The van der Waals surface area contributed by atoms with Crippen molar-refractivity contribution < 1.29 is 22.6 Å². The first-order chi connectivity index (χ1) is 13.8. The number of anilines is 1. The number of halogens is 1. The van der Waals surface area contributed by atoms with Crippen molar-refractivity contribution in [3.63, 3.8) is 0 Å². The summed E-state index contributed by atoms with van der Waals surface area (Å²) in [6, 6.07) is 12.3. The molecule has 0 aliphatic rings. The molecule has 150 valence electrons. The minimum absolute atomic E-state index is 0.168. The molecule has 0 spiro atoms. The minimum Gasteiger partial charge on any atom is -0.467 e. The van der Waals surface area contributed by atoms with Crippen molar-refractivity contribution >= 4 is 38.9 Å². The van der Waals surface area contributed by atoms with Crippen LogP contribution in [0, 0.1) is 10.1 Å². The highest BCUT2D eigenvalue weighted by atomic mass is 35.5. The van der Waals surface area contributed by atoms with Crippen LogP contribution in [0.2, 0.25) is 5.02 Å². The summed E-state index contributed by atoms with van der Waals surface area (Å²) in [5.74, 6) is 0.240. The topological polar surface area (TPSA) is 132 Å². The maximum Gasteiger partial charge on any atom is 0.289 e. The van der Waals surface area contributed by atoms with Gasteiger partial charge in [0.25, 0.3) is 21.6 Å². The van der Waals surface area contributed by atoms with Crippen LogP contribution in [0.3, 0.4) is 0 Å². The Morgan fingerprint density at radius 2 is 1.86 bits per heavy atom. The molecule has 9 nitrogen and oxygen atoms in total. The third kappa shape index (κ3) is 4.92. The molecule has 0 unspecified atom stereocenters. The second kappa shape index (κ2) is 8.33. The summed E-state index contributed by atoms with van der Waals surface area (Å²) in [5.41, 5.74) is -0.00931. The zero-order valence-electron chi connectivity index (χ0n) is 14.7. The molecule has 0 fully saturated rings. The van der Waals surface area contributed by atoms with Gasteiger partial charge in [-0.15, -0.1) is 0 Å². The van der Waals surface area contributed by atoms with E-state index in [-0.39, 0.29) is 28.1 Å². The van der Waals surface area contributed by atoms with Gasteiger partial charge in [0.1, 0.15) is 10.8 Å². The largest absolute Gasteiger partial charge is 0.467 e. The number of carbonyl (C=O) groups excluding carboxylic acids is 1. The number of sulfonamides is 1. The summed E-state index contributed by atoms with van der Waals surface area (Å²) in [5, 5.41) is 13.5. The summed E-state index contributed by atoms with van der Waals surface area (Å²) in [7, 11) is -4.09. The Morgan fingerprint density at radius 3 is 2.48 bits per heavy atom. The Balaban J connectivity index is 1.71. The Morgan fingerprint density at radius 1 is 1.14 bits per heavy atom. The molecule has 0 radical (unpaired) electrons. The summed E-state index contributed by atoms with van der Waals surface area (Å²) in [6.07, 6.45) is 1.50. The van der Waals surface area contributed by atoms with Gasteiger partial charge >= 0.3 is 0 Å². The average molecular weight is 436 g/mol. The first kappa shape index (κ1) is 20.4. The predicted octanol–water partition coefficient (Wildman–Crippen LogP) is 3.57. The van der Waals surface area contributed by atoms with E-state index in [1.54, 1.807) is 12.1 Å². The predicted molar refractivity (Wildman–Crippen MR) is 105 cm³/mol. The monoisotopic (exact) mass is 435 g/mol. The van der Waals surface area contributed by atoms with Crippen molar-refractivity contribution in [1.82, 2.24) is 5.32 Å². The second-order valence-electron chi connectivity index (χ2n) is 5.82. The minimum atomic E-state index is -4.09. The number of nitrogens with one attached hydrogen (secondary N) is 2. The average Bonchev–Trinajstić information content (AvgIpc) is 3.20. The molecule has 29 heavy (non-hydrogen) atoms. The van der Waals surface area contributed by atoms with E-state index in [4.69, 9.17) is 16.0 Å². The number of benzene rings is 2. The lowest BCUT2D eigenvalue weighted by Gasteiger charge is -2.09. The molecule has 2 N–H and O–H groups in total. The number of hydrogen-bond donors (Lipinski definition) is 2. The summed E-state index contributed by atoms with van der Waals surface area (Å²) in [4.78, 5) is 22.0. The fourth-order valence-electron chi connectivity index (χ4n) is 2.39. The number of carbonyl (C=O) groups is 1. The zero-order valence-corrected chi connectivity index (χ0v) is 16.2. The quantitative estimate of drug-likeness (QED) is 0.430. The van der Waals surface area contributed by atoms with Crippen LogP contribution >= 0.6 is 11.6 Å². The van der Waals surface area contributed by atoms with E-state index in [9.17, 15) is 23.3 Å². The van der Waals surface area contributed by atoms with E-state index in [1.807, 2.05) is 0 Å². The smallest absolute Gasteiger partial charge is 0.289 e. The van der Waals surface area contributed by atoms with Gasteiger partial charge in [0, 0.05) is 17.3 Å². The molecule has 11 heteroatoms. The van der Waals surface area contributed by atoms with Crippen molar-refractivity contribution in [2.45, 2.75) is 11.4 Å². The zero-order chi connectivity index (χ0) is 21.0. The van der Waals surface area contributed by atoms with E-state index < -0.39 is 20.6 Å². The number of nitro benzene ring substituents is 1. The molecule has 0 saturated heterocycles. The van der Waals surface area contributed by atoms with E-state index in [1.165, 1.54) is 30.5 Å². The highest BCUT2D eigenvalue weighted by molar-refractivity contribution is 7.92. The van der Waals surface area contributed by atoms with E-state index in [0.29, 0.717) is 11.3 Å². The summed E-state index contributed by atoms with van der Waals surface area (Å²) >= 11 is 5.71. The van der Waals surface area contributed by atoms with Gasteiger partial charge in [0.05, 0.1) is 22.6 Å². The Labute approximate surface area is 170 Å². The van der Waals surface area contributed by atoms with Gasteiger partial charge in [-0.3, -0.25) is 19.6 Å². The Hall–Kier alpha value is -3.37. The van der Waals surface area contributed by atoms with E-state index in [2.05, 4.69) is 10.0 Å². The molecule has 0 aliphatic carbocycles. The summed E-state index contributed by atoms with van der Waals surface area (Å²) < 4.78 is 32.4.